The fourth-order valence-electron chi connectivity index (χ4n) is 8.36. The van der Waals surface area contributed by atoms with E-state index >= 15 is 0 Å². The van der Waals surface area contributed by atoms with Crippen LogP contribution in [0.25, 0.3) is 0 Å². The second-order valence-electron chi connectivity index (χ2n) is 13.7. The Morgan fingerprint density at radius 3 is 2.05 bits per heavy atom. The van der Waals surface area contributed by atoms with Gasteiger partial charge in [-0.25, -0.2) is 0 Å². The standard InChI is InChI=1S/C39H34BNO2/c1-38(2)22-12-13-24-27(38)23-34-35-36(24)43-37-29(40(35)28-16-7-10-21-33(28)42-34)17-11-20-32(37)41-30-18-8-5-14-25(30)39(3,4)26-15-6-9-19-31(26)41/h5-11,14-21,23H,12-13,22H2,1-4H3. The van der Waals surface area contributed by atoms with Crippen molar-refractivity contribution in [2.75, 3.05) is 4.90 Å². The third kappa shape index (κ3) is 3.32. The first-order valence-electron chi connectivity index (χ1n) is 15.6. The van der Waals surface area contributed by atoms with Crippen LogP contribution in [0, 0.1) is 0 Å². The van der Waals surface area contributed by atoms with Crippen LogP contribution in [0.3, 0.4) is 0 Å². The van der Waals surface area contributed by atoms with Crippen LogP contribution in [-0.2, 0) is 17.3 Å². The first-order valence-corrected chi connectivity index (χ1v) is 15.6. The largest absolute Gasteiger partial charge is 0.458 e. The molecule has 9 rings (SSSR count). The molecule has 0 spiro atoms. The predicted molar refractivity (Wildman–Crippen MR) is 177 cm³/mol. The van der Waals surface area contributed by atoms with Gasteiger partial charge in [-0.1, -0.05) is 94.4 Å². The van der Waals surface area contributed by atoms with Gasteiger partial charge in [0.1, 0.15) is 23.0 Å². The zero-order chi connectivity index (χ0) is 29.1. The van der Waals surface area contributed by atoms with Crippen molar-refractivity contribution >= 4 is 40.2 Å². The monoisotopic (exact) mass is 559 g/mol. The Morgan fingerprint density at radius 2 is 1.28 bits per heavy atom. The number of hydrogen-bond donors (Lipinski definition) is 0. The molecular weight excluding hydrogens is 525 g/mol. The Kier molecular flexibility index (Phi) is 5.00. The minimum absolute atomic E-state index is 0.0423. The van der Waals surface area contributed by atoms with Gasteiger partial charge in [0.25, 0.3) is 6.71 Å². The van der Waals surface area contributed by atoms with E-state index in [1.54, 1.807) is 0 Å². The van der Waals surface area contributed by atoms with Crippen molar-refractivity contribution in [1.82, 2.24) is 0 Å². The lowest BCUT2D eigenvalue weighted by Gasteiger charge is -2.44. The fraction of sp³-hybridized carbons (Fsp3) is 0.231. The van der Waals surface area contributed by atoms with E-state index in [1.165, 1.54) is 50.0 Å². The topological polar surface area (TPSA) is 21.7 Å². The molecule has 0 bridgehead atoms. The summed E-state index contributed by atoms with van der Waals surface area (Å²) in [7, 11) is 0. The number of benzene rings is 5. The number of rotatable bonds is 1. The zero-order valence-corrected chi connectivity index (χ0v) is 25.2. The average molecular weight is 560 g/mol. The molecule has 3 heterocycles. The second-order valence-corrected chi connectivity index (χ2v) is 13.7. The number of nitrogens with zero attached hydrogens (tertiary/aromatic N) is 1. The van der Waals surface area contributed by atoms with Gasteiger partial charge in [-0.05, 0) is 88.2 Å². The molecule has 0 atom stereocenters. The summed E-state index contributed by atoms with van der Waals surface area (Å²) < 4.78 is 13.9. The SMILES string of the molecule is CC1(C)CCCc2c1cc1c3c2Oc2c(cccc2N2c4ccccc4C(C)(C)c4ccccc42)B3c2ccccc2O1. The van der Waals surface area contributed by atoms with Crippen LogP contribution in [-0.4, -0.2) is 6.71 Å². The quantitative estimate of drug-likeness (QED) is 0.190. The molecule has 0 radical (unpaired) electrons. The lowest BCUT2D eigenvalue weighted by Crippen LogP contribution is -2.58. The predicted octanol–water partition coefficient (Wildman–Crippen LogP) is 8.14. The van der Waals surface area contributed by atoms with Gasteiger partial charge in [-0.15, -0.1) is 0 Å². The smallest absolute Gasteiger partial charge is 0.260 e. The third-order valence-corrected chi connectivity index (χ3v) is 10.5. The van der Waals surface area contributed by atoms with Gasteiger partial charge in [0.15, 0.2) is 0 Å². The van der Waals surface area contributed by atoms with Crippen molar-refractivity contribution in [3.05, 3.63) is 119 Å². The molecule has 5 aromatic carbocycles. The number of para-hydroxylation sites is 4. The normalized spacial score (nSPS) is 17.7. The van der Waals surface area contributed by atoms with E-state index < -0.39 is 0 Å². The van der Waals surface area contributed by atoms with Gasteiger partial charge < -0.3 is 14.4 Å². The molecule has 0 aromatic heterocycles. The van der Waals surface area contributed by atoms with E-state index in [0.717, 1.165) is 47.9 Å². The van der Waals surface area contributed by atoms with Crippen LogP contribution in [0.15, 0.2) is 97.1 Å². The molecule has 0 saturated carbocycles. The summed E-state index contributed by atoms with van der Waals surface area (Å²) in [6, 6.07) is 35.3. The lowest BCUT2D eigenvalue weighted by molar-refractivity contribution is 0.406. The van der Waals surface area contributed by atoms with Gasteiger partial charge in [-0.3, -0.25) is 0 Å². The van der Waals surface area contributed by atoms with Gasteiger partial charge in [-0.2, -0.15) is 0 Å². The molecule has 4 heteroatoms. The number of fused-ring (bicyclic) bond motifs is 8. The molecule has 5 aromatic rings. The highest BCUT2D eigenvalue weighted by molar-refractivity contribution is 6.98. The van der Waals surface area contributed by atoms with Crippen molar-refractivity contribution in [3.63, 3.8) is 0 Å². The molecule has 0 saturated heterocycles. The molecule has 1 aliphatic carbocycles. The van der Waals surface area contributed by atoms with Crippen molar-refractivity contribution < 1.29 is 9.47 Å². The molecule has 0 fully saturated rings. The van der Waals surface area contributed by atoms with Gasteiger partial charge in [0.2, 0.25) is 0 Å². The molecule has 210 valence electrons. The van der Waals surface area contributed by atoms with E-state index in [-0.39, 0.29) is 17.5 Å². The van der Waals surface area contributed by atoms with Crippen LogP contribution in [0.1, 0.15) is 62.8 Å². The molecule has 3 nitrogen and oxygen atoms in total. The highest BCUT2D eigenvalue weighted by Crippen LogP contribution is 2.54. The minimum atomic E-state index is -0.120. The lowest BCUT2D eigenvalue weighted by atomic mass is 9.34. The Bertz CT molecular complexity index is 1940. The maximum Gasteiger partial charge on any atom is 0.260 e. The number of anilines is 3. The van der Waals surface area contributed by atoms with Crippen molar-refractivity contribution in [1.29, 1.82) is 0 Å². The van der Waals surface area contributed by atoms with Crippen LogP contribution in [0.4, 0.5) is 17.1 Å². The van der Waals surface area contributed by atoms with E-state index in [0.29, 0.717) is 0 Å². The van der Waals surface area contributed by atoms with Crippen LogP contribution in [0.5, 0.6) is 23.0 Å². The molecule has 0 N–H and O–H groups in total. The fourth-order valence-corrected chi connectivity index (χ4v) is 8.36. The van der Waals surface area contributed by atoms with Gasteiger partial charge in [0.05, 0.1) is 17.1 Å². The minimum Gasteiger partial charge on any atom is -0.458 e. The number of hydrogen-bond acceptors (Lipinski definition) is 3. The second kappa shape index (κ2) is 8.57. The van der Waals surface area contributed by atoms with E-state index in [2.05, 4.69) is 130 Å². The molecule has 0 unspecified atom stereocenters. The molecule has 3 aliphatic heterocycles. The van der Waals surface area contributed by atoms with Crippen LogP contribution >= 0.6 is 0 Å². The Morgan fingerprint density at radius 1 is 0.628 bits per heavy atom. The average Bonchev–Trinajstić information content (AvgIpc) is 3.01. The first kappa shape index (κ1) is 25.1. The summed E-state index contributed by atoms with van der Waals surface area (Å²) >= 11 is 0. The highest BCUT2D eigenvalue weighted by Gasteiger charge is 2.45. The summed E-state index contributed by atoms with van der Waals surface area (Å²) in [6.07, 6.45) is 3.35. The van der Waals surface area contributed by atoms with E-state index in [1.807, 2.05) is 0 Å². The Hall–Kier alpha value is -4.44. The van der Waals surface area contributed by atoms with E-state index in [4.69, 9.17) is 9.47 Å². The molecule has 0 amide bonds. The summed E-state index contributed by atoms with van der Waals surface area (Å²) in [6.45, 7) is 9.45. The molecule has 4 aliphatic rings. The maximum atomic E-state index is 7.28. The maximum absolute atomic E-state index is 7.28. The third-order valence-electron chi connectivity index (χ3n) is 10.5. The van der Waals surface area contributed by atoms with Crippen molar-refractivity contribution in [3.8, 4) is 23.0 Å². The van der Waals surface area contributed by atoms with Gasteiger partial charge >= 0.3 is 0 Å². The summed E-state index contributed by atoms with van der Waals surface area (Å²) in [5.74, 6) is 3.84. The van der Waals surface area contributed by atoms with Crippen LogP contribution in [0.2, 0.25) is 0 Å². The molecular formula is C39H34BNO2. The summed E-state index contributed by atoms with van der Waals surface area (Å²) in [5, 5.41) is 0. The first-order chi connectivity index (χ1) is 20.8. The summed E-state index contributed by atoms with van der Waals surface area (Å²) in [5.41, 5.74) is 12.4. The van der Waals surface area contributed by atoms with Crippen molar-refractivity contribution in [2.24, 2.45) is 0 Å². The van der Waals surface area contributed by atoms with E-state index in [9.17, 15) is 0 Å². The van der Waals surface area contributed by atoms with Crippen LogP contribution < -0.4 is 30.8 Å². The van der Waals surface area contributed by atoms with Crippen molar-refractivity contribution in [2.45, 2.75) is 57.8 Å². The molecule has 43 heavy (non-hydrogen) atoms. The zero-order valence-electron chi connectivity index (χ0n) is 25.2. The summed E-state index contributed by atoms with van der Waals surface area (Å²) in [4.78, 5) is 2.44. The Balaban J connectivity index is 1.34. The van der Waals surface area contributed by atoms with Gasteiger partial charge in [0, 0.05) is 10.9 Å². The highest BCUT2D eigenvalue weighted by atomic mass is 16.5. The number of ether oxygens (including phenoxy) is 2. The Labute approximate surface area is 254 Å².